The van der Waals surface area contributed by atoms with E-state index in [4.69, 9.17) is 0 Å². The van der Waals surface area contributed by atoms with Crippen molar-refractivity contribution < 1.29 is 0 Å². The average Bonchev–Trinajstić information content (AvgIpc) is 3.15. The van der Waals surface area contributed by atoms with Gasteiger partial charge in [-0.3, -0.25) is 9.39 Å². The Hall–Kier alpha value is -3.16. The summed E-state index contributed by atoms with van der Waals surface area (Å²) in [5.74, 6) is 2.93. The standard InChI is InChI=1S/C19H24N8/c1-20-19(22-10-8-18-24-23-17-7-3-5-11-27(17)18)26-14-12-25(13-15-26)16-6-2-4-9-21-16/h2-7,9,11H,8,10,12-15H2,1H3,(H,20,22). The van der Waals surface area contributed by atoms with Gasteiger partial charge in [0.25, 0.3) is 0 Å². The van der Waals surface area contributed by atoms with E-state index in [9.17, 15) is 0 Å². The number of pyridine rings is 2. The van der Waals surface area contributed by atoms with E-state index in [0.717, 1.165) is 62.4 Å². The van der Waals surface area contributed by atoms with Gasteiger partial charge in [0.15, 0.2) is 11.6 Å². The number of nitrogens with zero attached hydrogens (tertiary/aromatic N) is 7. The predicted molar refractivity (Wildman–Crippen MR) is 106 cm³/mol. The van der Waals surface area contributed by atoms with Gasteiger partial charge in [0.2, 0.25) is 0 Å². The summed E-state index contributed by atoms with van der Waals surface area (Å²) in [6, 6.07) is 12.0. The summed E-state index contributed by atoms with van der Waals surface area (Å²) in [5.41, 5.74) is 0.877. The molecule has 3 aromatic rings. The number of aliphatic imine (C=N–C) groups is 1. The Bertz CT molecular complexity index is 896. The SMILES string of the molecule is CN=C(NCCc1nnc2ccccn12)N1CCN(c2ccccn2)CC1. The largest absolute Gasteiger partial charge is 0.356 e. The summed E-state index contributed by atoms with van der Waals surface area (Å²) in [6.45, 7) is 4.48. The van der Waals surface area contributed by atoms with Gasteiger partial charge in [0.1, 0.15) is 11.6 Å². The Kier molecular flexibility index (Phi) is 5.13. The van der Waals surface area contributed by atoms with Crippen LogP contribution in [-0.2, 0) is 6.42 Å². The van der Waals surface area contributed by atoms with Gasteiger partial charge in [-0.15, -0.1) is 10.2 Å². The third kappa shape index (κ3) is 3.84. The Morgan fingerprint density at radius 1 is 1.07 bits per heavy atom. The van der Waals surface area contributed by atoms with Gasteiger partial charge in [-0.25, -0.2) is 4.98 Å². The molecule has 4 rings (SSSR count). The molecule has 0 unspecified atom stereocenters. The highest BCUT2D eigenvalue weighted by molar-refractivity contribution is 5.80. The van der Waals surface area contributed by atoms with Crippen molar-refractivity contribution in [1.82, 2.24) is 29.8 Å². The summed E-state index contributed by atoms with van der Waals surface area (Å²) in [6.07, 6.45) is 4.63. The molecule has 1 aliphatic rings. The normalized spacial score (nSPS) is 15.4. The first kappa shape index (κ1) is 17.3. The van der Waals surface area contributed by atoms with Gasteiger partial charge in [-0.2, -0.15) is 0 Å². The lowest BCUT2D eigenvalue weighted by Crippen LogP contribution is -2.53. The quantitative estimate of drug-likeness (QED) is 0.551. The Labute approximate surface area is 158 Å². The van der Waals surface area contributed by atoms with E-state index in [0.29, 0.717) is 0 Å². The summed E-state index contributed by atoms with van der Waals surface area (Å²) >= 11 is 0. The van der Waals surface area contributed by atoms with Gasteiger partial charge in [0.05, 0.1) is 0 Å². The molecule has 8 nitrogen and oxygen atoms in total. The number of aromatic nitrogens is 4. The van der Waals surface area contributed by atoms with Crippen LogP contribution in [0.15, 0.2) is 53.8 Å². The molecule has 0 spiro atoms. The van der Waals surface area contributed by atoms with Crippen molar-refractivity contribution >= 4 is 17.4 Å². The average molecular weight is 364 g/mol. The molecule has 4 heterocycles. The second-order valence-corrected chi connectivity index (χ2v) is 6.43. The number of nitrogens with one attached hydrogen (secondary N) is 1. The van der Waals surface area contributed by atoms with Gasteiger partial charge in [-0.1, -0.05) is 12.1 Å². The van der Waals surface area contributed by atoms with E-state index in [1.165, 1.54) is 0 Å². The monoisotopic (exact) mass is 364 g/mol. The van der Waals surface area contributed by atoms with Gasteiger partial charge < -0.3 is 15.1 Å². The maximum atomic E-state index is 4.45. The van der Waals surface area contributed by atoms with Crippen molar-refractivity contribution in [3.8, 4) is 0 Å². The predicted octanol–water partition coefficient (Wildman–Crippen LogP) is 1.06. The van der Waals surface area contributed by atoms with Gasteiger partial charge in [0, 0.05) is 58.6 Å². The minimum atomic E-state index is 0.767. The first-order valence-electron chi connectivity index (χ1n) is 9.25. The number of fused-ring (bicyclic) bond motifs is 1. The summed E-state index contributed by atoms with van der Waals surface area (Å²) < 4.78 is 2.02. The van der Waals surface area contributed by atoms with Crippen LogP contribution < -0.4 is 10.2 Å². The fourth-order valence-corrected chi connectivity index (χ4v) is 3.37. The Morgan fingerprint density at radius 3 is 2.70 bits per heavy atom. The first-order valence-corrected chi connectivity index (χ1v) is 9.25. The van der Waals surface area contributed by atoms with E-state index < -0.39 is 0 Å². The highest BCUT2D eigenvalue weighted by atomic mass is 15.4. The highest BCUT2D eigenvalue weighted by Gasteiger charge is 2.20. The molecule has 0 bridgehead atoms. The zero-order valence-electron chi connectivity index (χ0n) is 15.5. The molecule has 1 N–H and O–H groups in total. The van der Waals surface area contributed by atoms with Crippen LogP contribution in [-0.4, -0.2) is 70.2 Å². The molecule has 0 amide bonds. The molecule has 1 aliphatic heterocycles. The second-order valence-electron chi connectivity index (χ2n) is 6.43. The van der Waals surface area contributed by atoms with Crippen LogP contribution in [0.25, 0.3) is 5.65 Å². The molecule has 0 atom stereocenters. The maximum absolute atomic E-state index is 4.45. The number of piperazine rings is 1. The number of hydrogen-bond acceptors (Lipinski definition) is 5. The van der Waals surface area contributed by atoms with Crippen molar-refractivity contribution in [3.05, 3.63) is 54.6 Å². The topological polar surface area (TPSA) is 74.0 Å². The summed E-state index contributed by atoms with van der Waals surface area (Å²) in [5, 5.41) is 11.9. The van der Waals surface area contributed by atoms with Crippen LogP contribution in [0, 0.1) is 0 Å². The van der Waals surface area contributed by atoms with Gasteiger partial charge >= 0.3 is 0 Å². The minimum Gasteiger partial charge on any atom is -0.356 e. The molecule has 0 aliphatic carbocycles. The molecule has 3 aromatic heterocycles. The Balaban J connectivity index is 1.30. The Morgan fingerprint density at radius 2 is 1.93 bits per heavy atom. The van der Waals surface area contributed by atoms with Crippen molar-refractivity contribution in [2.75, 3.05) is 44.7 Å². The van der Waals surface area contributed by atoms with Crippen molar-refractivity contribution in [2.24, 2.45) is 4.99 Å². The molecule has 140 valence electrons. The third-order valence-electron chi connectivity index (χ3n) is 4.78. The van der Waals surface area contributed by atoms with E-state index in [1.54, 1.807) is 0 Å². The van der Waals surface area contributed by atoms with E-state index in [2.05, 4.69) is 41.4 Å². The smallest absolute Gasteiger partial charge is 0.193 e. The van der Waals surface area contributed by atoms with Crippen molar-refractivity contribution in [2.45, 2.75) is 6.42 Å². The summed E-state index contributed by atoms with van der Waals surface area (Å²) in [7, 11) is 1.83. The zero-order chi connectivity index (χ0) is 18.5. The zero-order valence-corrected chi connectivity index (χ0v) is 15.5. The van der Waals surface area contributed by atoms with Crippen LogP contribution in [0.2, 0.25) is 0 Å². The van der Waals surface area contributed by atoms with Crippen LogP contribution in [0.4, 0.5) is 5.82 Å². The van der Waals surface area contributed by atoms with Gasteiger partial charge in [-0.05, 0) is 24.3 Å². The number of guanidine groups is 1. The molecular formula is C19H24N8. The highest BCUT2D eigenvalue weighted by Crippen LogP contribution is 2.12. The van der Waals surface area contributed by atoms with Crippen molar-refractivity contribution in [1.29, 1.82) is 0 Å². The fourth-order valence-electron chi connectivity index (χ4n) is 3.37. The van der Waals surface area contributed by atoms with Crippen LogP contribution >= 0.6 is 0 Å². The van der Waals surface area contributed by atoms with Crippen LogP contribution in [0.5, 0.6) is 0 Å². The minimum absolute atomic E-state index is 0.767. The van der Waals surface area contributed by atoms with Crippen molar-refractivity contribution in [3.63, 3.8) is 0 Å². The molecular weight excluding hydrogens is 340 g/mol. The lowest BCUT2D eigenvalue weighted by molar-refractivity contribution is 0.371. The maximum Gasteiger partial charge on any atom is 0.193 e. The number of anilines is 1. The van der Waals surface area contributed by atoms with E-state index >= 15 is 0 Å². The number of rotatable bonds is 4. The molecule has 0 radical (unpaired) electrons. The van der Waals surface area contributed by atoms with Crippen LogP contribution in [0.1, 0.15) is 5.82 Å². The van der Waals surface area contributed by atoms with E-state index in [1.807, 2.05) is 54.2 Å². The molecule has 8 heteroatoms. The molecule has 27 heavy (non-hydrogen) atoms. The molecule has 1 fully saturated rings. The summed E-state index contributed by atoms with van der Waals surface area (Å²) in [4.78, 5) is 13.5. The lowest BCUT2D eigenvalue weighted by Gasteiger charge is -2.37. The van der Waals surface area contributed by atoms with E-state index in [-0.39, 0.29) is 0 Å². The second kappa shape index (κ2) is 8.03. The lowest BCUT2D eigenvalue weighted by atomic mass is 10.3. The molecule has 0 aromatic carbocycles. The molecule has 1 saturated heterocycles. The number of hydrogen-bond donors (Lipinski definition) is 1. The molecule has 0 saturated carbocycles. The third-order valence-corrected chi connectivity index (χ3v) is 4.78. The first-order chi connectivity index (χ1) is 13.3. The fraction of sp³-hybridized carbons (Fsp3) is 0.368. The van der Waals surface area contributed by atoms with Crippen LogP contribution in [0.3, 0.4) is 0 Å².